The maximum absolute atomic E-state index is 5.84. The van der Waals surface area contributed by atoms with Gasteiger partial charge >= 0.3 is 0 Å². The molecule has 0 amide bonds. The van der Waals surface area contributed by atoms with Gasteiger partial charge in [0.05, 0.1) is 12.3 Å². The second-order valence-corrected chi connectivity index (χ2v) is 4.65. The molecule has 0 aromatic heterocycles. The first-order chi connectivity index (χ1) is 9.67. The molecule has 0 aliphatic heterocycles. The van der Waals surface area contributed by atoms with Crippen LogP contribution in [0.2, 0.25) is 0 Å². The molecule has 0 unspecified atom stereocenters. The molecule has 4 nitrogen and oxygen atoms in total. The Kier molecular flexibility index (Phi) is 7.35. The van der Waals surface area contributed by atoms with E-state index in [0.717, 1.165) is 17.7 Å². The first-order valence-electron chi connectivity index (χ1n) is 6.60. The molecule has 0 aliphatic rings. The van der Waals surface area contributed by atoms with Crippen LogP contribution in [0.5, 0.6) is 5.75 Å². The van der Waals surface area contributed by atoms with E-state index in [1.54, 1.807) is 12.3 Å². The highest BCUT2D eigenvalue weighted by molar-refractivity contribution is 7.80. The zero-order chi connectivity index (χ0) is 14.8. The molecule has 5 heteroatoms. The molecule has 0 aliphatic carbocycles. The van der Waals surface area contributed by atoms with Gasteiger partial charge in [0.15, 0.2) is 5.11 Å². The molecule has 20 heavy (non-hydrogen) atoms. The van der Waals surface area contributed by atoms with Gasteiger partial charge in [-0.05, 0) is 37.7 Å². The van der Waals surface area contributed by atoms with Crippen molar-refractivity contribution in [1.82, 2.24) is 10.7 Å². The Morgan fingerprint density at radius 2 is 2.25 bits per heavy atom. The van der Waals surface area contributed by atoms with Gasteiger partial charge in [0, 0.05) is 12.1 Å². The maximum atomic E-state index is 5.84. The molecule has 0 spiro atoms. The molecular formula is C15H21N3OS. The average Bonchev–Trinajstić information content (AvgIpc) is 2.46. The third-order valence-corrected chi connectivity index (χ3v) is 2.83. The largest absolute Gasteiger partial charge is 0.490 e. The Balaban J connectivity index is 2.62. The van der Waals surface area contributed by atoms with Crippen molar-refractivity contribution < 1.29 is 4.74 Å². The molecule has 108 valence electrons. The van der Waals surface area contributed by atoms with Gasteiger partial charge in [-0.25, -0.2) is 0 Å². The van der Waals surface area contributed by atoms with Crippen LogP contribution in [0.4, 0.5) is 0 Å². The van der Waals surface area contributed by atoms with Crippen molar-refractivity contribution in [3.8, 4) is 5.75 Å². The van der Waals surface area contributed by atoms with E-state index in [-0.39, 0.29) is 6.10 Å². The van der Waals surface area contributed by atoms with Crippen molar-refractivity contribution in [3.63, 3.8) is 0 Å². The van der Waals surface area contributed by atoms with E-state index in [4.69, 9.17) is 17.0 Å². The Labute approximate surface area is 125 Å². The van der Waals surface area contributed by atoms with Crippen LogP contribution < -0.4 is 15.5 Å². The number of benzene rings is 1. The molecule has 1 aromatic carbocycles. The number of rotatable bonds is 7. The number of hydrogen-bond acceptors (Lipinski definition) is 3. The van der Waals surface area contributed by atoms with E-state index in [1.807, 2.05) is 31.2 Å². The SMILES string of the molecule is C=CCNC(=S)N/N=C\c1ccccc1O[C@H](C)CC. The molecule has 1 rings (SSSR count). The first-order valence-corrected chi connectivity index (χ1v) is 7.01. The summed E-state index contributed by atoms with van der Waals surface area (Å²) in [5, 5.41) is 7.49. The average molecular weight is 291 g/mol. The lowest BCUT2D eigenvalue weighted by Crippen LogP contribution is -2.31. The van der Waals surface area contributed by atoms with E-state index < -0.39 is 0 Å². The zero-order valence-electron chi connectivity index (χ0n) is 11.9. The predicted octanol–water partition coefficient (Wildman–Crippen LogP) is 2.85. The van der Waals surface area contributed by atoms with Crippen LogP contribution in [0.15, 0.2) is 42.0 Å². The second-order valence-electron chi connectivity index (χ2n) is 4.24. The highest BCUT2D eigenvalue weighted by atomic mass is 32.1. The summed E-state index contributed by atoms with van der Waals surface area (Å²) in [5.41, 5.74) is 3.66. The number of thiocarbonyl (C=S) groups is 1. The molecule has 2 N–H and O–H groups in total. The summed E-state index contributed by atoms with van der Waals surface area (Å²) in [7, 11) is 0. The van der Waals surface area contributed by atoms with E-state index >= 15 is 0 Å². The summed E-state index contributed by atoms with van der Waals surface area (Å²) < 4.78 is 5.84. The second kappa shape index (κ2) is 9.09. The molecule has 0 heterocycles. The molecule has 0 radical (unpaired) electrons. The molecule has 0 fully saturated rings. The Bertz CT molecular complexity index is 474. The van der Waals surface area contributed by atoms with E-state index in [0.29, 0.717) is 11.7 Å². The van der Waals surface area contributed by atoms with Crippen molar-refractivity contribution in [1.29, 1.82) is 0 Å². The lowest BCUT2D eigenvalue weighted by Gasteiger charge is -2.14. The Hall–Kier alpha value is -1.88. The fourth-order valence-electron chi connectivity index (χ4n) is 1.36. The molecule has 0 bridgehead atoms. The summed E-state index contributed by atoms with van der Waals surface area (Å²) in [4.78, 5) is 0. The fourth-order valence-corrected chi connectivity index (χ4v) is 1.50. The zero-order valence-corrected chi connectivity index (χ0v) is 12.7. The summed E-state index contributed by atoms with van der Waals surface area (Å²) in [6, 6.07) is 7.77. The summed E-state index contributed by atoms with van der Waals surface area (Å²) in [5.74, 6) is 0.817. The molecule has 1 atom stereocenters. The monoisotopic (exact) mass is 291 g/mol. The lowest BCUT2D eigenvalue weighted by molar-refractivity contribution is 0.217. The molecular weight excluding hydrogens is 270 g/mol. The molecule has 0 saturated heterocycles. The van der Waals surface area contributed by atoms with Crippen LogP contribution in [0.3, 0.4) is 0 Å². The number of para-hydroxylation sites is 1. The minimum atomic E-state index is 0.174. The predicted molar refractivity (Wildman–Crippen MR) is 88.4 cm³/mol. The summed E-state index contributed by atoms with van der Waals surface area (Å²) in [6.07, 6.45) is 4.55. The van der Waals surface area contributed by atoms with Crippen molar-refractivity contribution in [2.75, 3.05) is 6.54 Å². The van der Waals surface area contributed by atoms with Gasteiger partial charge in [-0.3, -0.25) is 5.43 Å². The van der Waals surface area contributed by atoms with Crippen molar-refractivity contribution >= 4 is 23.5 Å². The maximum Gasteiger partial charge on any atom is 0.187 e. The standard InChI is InChI=1S/C15H21N3OS/c1-4-10-16-15(20)18-17-11-13-8-6-7-9-14(13)19-12(3)5-2/h4,6-9,11-12H,1,5,10H2,2-3H3,(H2,16,18,20)/b17-11-/t12-/m1/s1. The highest BCUT2D eigenvalue weighted by Gasteiger charge is 2.04. The van der Waals surface area contributed by atoms with Crippen molar-refractivity contribution in [2.24, 2.45) is 5.10 Å². The number of hydrazone groups is 1. The molecule has 0 saturated carbocycles. The van der Waals surface area contributed by atoms with Gasteiger partial charge in [-0.2, -0.15) is 5.10 Å². The van der Waals surface area contributed by atoms with Crippen LogP contribution in [0, 0.1) is 0 Å². The van der Waals surface area contributed by atoms with E-state index in [1.165, 1.54) is 0 Å². The van der Waals surface area contributed by atoms with Crippen LogP contribution >= 0.6 is 12.2 Å². The van der Waals surface area contributed by atoms with Crippen LogP contribution in [0.25, 0.3) is 0 Å². The van der Waals surface area contributed by atoms with Gasteiger partial charge in [0.1, 0.15) is 5.75 Å². The highest BCUT2D eigenvalue weighted by Crippen LogP contribution is 2.18. The van der Waals surface area contributed by atoms with E-state index in [9.17, 15) is 0 Å². The topological polar surface area (TPSA) is 45.7 Å². The van der Waals surface area contributed by atoms with E-state index in [2.05, 4.69) is 29.3 Å². The van der Waals surface area contributed by atoms with Crippen LogP contribution in [0.1, 0.15) is 25.8 Å². The minimum Gasteiger partial charge on any atom is -0.490 e. The fraction of sp³-hybridized carbons (Fsp3) is 0.333. The third-order valence-electron chi connectivity index (χ3n) is 2.60. The number of nitrogens with one attached hydrogen (secondary N) is 2. The quantitative estimate of drug-likeness (QED) is 0.351. The van der Waals surface area contributed by atoms with Crippen LogP contribution in [-0.4, -0.2) is 24.0 Å². The van der Waals surface area contributed by atoms with Crippen molar-refractivity contribution in [2.45, 2.75) is 26.4 Å². The third kappa shape index (κ3) is 5.84. The van der Waals surface area contributed by atoms with Gasteiger partial charge < -0.3 is 10.1 Å². The number of ether oxygens (including phenoxy) is 1. The summed E-state index contributed by atoms with van der Waals surface area (Å²) in [6.45, 7) is 8.34. The smallest absolute Gasteiger partial charge is 0.187 e. The number of hydrogen-bond donors (Lipinski definition) is 2. The first kappa shape index (κ1) is 16.2. The summed E-state index contributed by atoms with van der Waals surface area (Å²) >= 11 is 5.04. The minimum absolute atomic E-state index is 0.174. The molecule has 1 aromatic rings. The number of nitrogens with zero attached hydrogens (tertiary/aromatic N) is 1. The van der Waals surface area contributed by atoms with Gasteiger partial charge in [0.2, 0.25) is 0 Å². The Morgan fingerprint density at radius 3 is 2.95 bits per heavy atom. The van der Waals surface area contributed by atoms with Gasteiger partial charge in [-0.1, -0.05) is 25.1 Å². The normalized spacial score (nSPS) is 11.9. The lowest BCUT2D eigenvalue weighted by atomic mass is 10.2. The van der Waals surface area contributed by atoms with Crippen molar-refractivity contribution in [3.05, 3.63) is 42.5 Å². The van der Waals surface area contributed by atoms with Crippen LogP contribution in [-0.2, 0) is 0 Å². The van der Waals surface area contributed by atoms with Gasteiger partial charge in [-0.15, -0.1) is 6.58 Å². The van der Waals surface area contributed by atoms with Gasteiger partial charge in [0.25, 0.3) is 0 Å². The Morgan fingerprint density at radius 1 is 1.50 bits per heavy atom.